The molecule has 3 unspecified atom stereocenters. The summed E-state index contributed by atoms with van der Waals surface area (Å²) in [5.74, 6) is 1.31. The third-order valence-electron chi connectivity index (χ3n) is 3.45. The molecule has 0 bridgehead atoms. The Morgan fingerprint density at radius 1 is 1.47 bits per heavy atom. The molecule has 1 saturated carbocycles. The number of alkyl halides is 1. The largest absolute Gasteiger partial charge is 0.351 e. The molecule has 2 nitrogen and oxygen atoms in total. The fourth-order valence-corrected chi connectivity index (χ4v) is 3.92. The van der Waals surface area contributed by atoms with Crippen molar-refractivity contribution >= 4 is 29.3 Å². The van der Waals surface area contributed by atoms with Gasteiger partial charge in [0.2, 0.25) is 5.91 Å². The van der Waals surface area contributed by atoms with Gasteiger partial charge in [0.15, 0.2) is 0 Å². The molecular formula is C11H18ClNOS. The lowest BCUT2D eigenvalue weighted by molar-refractivity contribution is -0.123. The SMILES string of the molecule is CC1(C(=O)NC2CCCC2Cl)CCCS1. The summed E-state index contributed by atoms with van der Waals surface area (Å²) in [5.41, 5.74) is 0. The summed E-state index contributed by atoms with van der Waals surface area (Å²) in [4.78, 5) is 12.1. The zero-order valence-electron chi connectivity index (χ0n) is 9.09. The van der Waals surface area contributed by atoms with Crippen molar-refractivity contribution in [3.05, 3.63) is 0 Å². The number of halogens is 1. The minimum Gasteiger partial charge on any atom is -0.351 e. The fourth-order valence-electron chi connectivity index (χ4n) is 2.36. The Kier molecular flexibility index (Phi) is 3.51. The van der Waals surface area contributed by atoms with E-state index in [4.69, 9.17) is 11.6 Å². The van der Waals surface area contributed by atoms with Gasteiger partial charge in [0.25, 0.3) is 0 Å². The minimum atomic E-state index is -0.195. The van der Waals surface area contributed by atoms with E-state index in [0.29, 0.717) is 0 Å². The molecule has 1 N–H and O–H groups in total. The molecule has 0 radical (unpaired) electrons. The van der Waals surface area contributed by atoms with Crippen molar-refractivity contribution in [3.8, 4) is 0 Å². The van der Waals surface area contributed by atoms with Crippen molar-refractivity contribution in [2.45, 2.75) is 55.2 Å². The van der Waals surface area contributed by atoms with E-state index in [1.165, 1.54) is 0 Å². The highest BCUT2D eigenvalue weighted by atomic mass is 35.5. The quantitative estimate of drug-likeness (QED) is 0.760. The van der Waals surface area contributed by atoms with Crippen LogP contribution >= 0.6 is 23.4 Å². The van der Waals surface area contributed by atoms with Crippen LogP contribution in [0, 0.1) is 0 Å². The van der Waals surface area contributed by atoms with Crippen molar-refractivity contribution in [1.29, 1.82) is 0 Å². The molecule has 2 rings (SSSR count). The average molecular weight is 248 g/mol. The maximum atomic E-state index is 12.1. The van der Waals surface area contributed by atoms with Crippen LogP contribution in [0.25, 0.3) is 0 Å². The molecule has 2 aliphatic rings. The standard InChI is InChI=1S/C11H18ClNOS/c1-11(6-3-7-15-11)10(14)13-9-5-2-4-8(9)12/h8-9H,2-7H2,1H3,(H,13,14). The lowest BCUT2D eigenvalue weighted by Crippen LogP contribution is -2.47. The lowest BCUT2D eigenvalue weighted by atomic mass is 10.0. The van der Waals surface area contributed by atoms with Gasteiger partial charge >= 0.3 is 0 Å². The molecule has 0 aromatic rings. The van der Waals surface area contributed by atoms with Crippen LogP contribution in [0.5, 0.6) is 0 Å². The van der Waals surface area contributed by atoms with Gasteiger partial charge in [0.05, 0.1) is 10.1 Å². The third kappa shape index (κ3) is 2.44. The van der Waals surface area contributed by atoms with Gasteiger partial charge in [-0.1, -0.05) is 0 Å². The first-order chi connectivity index (χ1) is 7.12. The number of carbonyl (C=O) groups is 1. The Labute approximate surface area is 101 Å². The van der Waals surface area contributed by atoms with E-state index >= 15 is 0 Å². The molecule has 0 aromatic carbocycles. The van der Waals surface area contributed by atoms with Gasteiger partial charge in [-0.3, -0.25) is 4.79 Å². The van der Waals surface area contributed by atoms with E-state index in [-0.39, 0.29) is 22.1 Å². The topological polar surface area (TPSA) is 29.1 Å². The fraction of sp³-hybridized carbons (Fsp3) is 0.909. The van der Waals surface area contributed by atoms with Crippen LogP contribution in [0.4, 0.5) is 0 Å². The summed E-state index contributed by atoms with van der Waals surface area (Å²) in [7, 11) is 0. The lowest BCUT2D eigenvalue weighted by Gasteiger charge is -2.25. The van der Waals surface area contributed by atoms with Crippen molar-refractivity contribution in [2.24, 2.45) is 0 Å². The Hall–Kier alpha value is 0.110. The third-order valence-corrected chi connectivity index (χ3v) is 5.49. The summed E-state index contributed by atoms with van der Waals surface area (Å²) in [6.45, 7) is 2.05. The Balaban J connectivity index is 1.91. The molecule has 4 heteroatoms. The van der Waals surface area contributed by atoms with Gasteiger partial charge in [-0.25, -0.2) is 0 Å². The first kappa shape index (κ1) is 11.6. The molecule has 0 aromatic heterocycles. The zero-order valence-corrected chi connectivity index (χ0v) is 10.7. The van der Waals surface area contributed by atoms with Crippen LogP contribution in [-0.4, -0.2) is 27.8 Å². The van der Waals surface area contributed by atoms with Crippen molar-refractivity contribution < 1.29 is 4.79 Å². The van der Waals surface area contributed by atoms with Crippen LogP contribution in [0.1, 0.15) is 39.0 Å². The van der Waals surface area contributed by atoms with Crippen LogP contribution in [0.3, 0.4) is 0 Å². The summed E-state index contributed by atoms with van der Waals surface area (Å²) in [6.07, 6.45) is 5.38. The number of hydrogen-bond acceptors (Lipinski definition) is 2. The van der Waals surface area contributed by atoms with Crippen LogP contribution in [0.15, 0.2) is 0 Å². The molecule has 15 heavy (non-hydrogen) atoms. The summed E-state index contributed by atoms with van der Waals surface area (Å²) in [5, 5.41) is 3.26. The number of rotatable bonds is 2. The second-order valence-corrected chi connectivity index (χ2v) is 6.87. The number of carbonyl (C=O) groups excluding carboxylic acids is 1. The molecule has 0 spiro atoms. The van der Waals surface area contributed by atoms with E-state index in [0.717, 1.165) is 37.9 Å². The minimum absolute atomic E-state index is 0.143. The van der Waals surface area contributed by atoms with Gasteiger partial charge < -0.3 is 5.32 Å². The molecular weight excluding hydrogens is 230 g/mol. The Bertz CT molecular complexity index is 253. The predicted octanol–water partition coefficient (Wildman–Crippen LogP) is 2.55. The van der Waals surface area contributed by atoms with Crippen LogP contribution in [-0.2, 0) is 4.79 Å². The normalized spacial score (nSPS) is 40.7. The molecule has 1 aliphatic carbocycles. The molecule has 1 saturated heterocycles. The van der Waals surface area contributed by atoms with Gasteiger partial charge in [0.1, 0.15) is 0 Å². The maximum Gasteiger partial charge on any atom is 0.236 e. The first-order valence-corrected chi connectivity index (χ1v) is 7.13. The molecule has 2 fully saturated rings. The maximum absolute atomic E-state index is 12.1. The molecule has 1 heterocycles. The summed E-state index contributed by atoms with van der Waals surface area (Å²) in [6, 6.07) is 0.206. The van der Waals surface area contributed by atoms with Crippen molar-refractivity contribution in [1.82, 2.24) is 5.32 Å². The number of amides is 1. The van der Waals surface area contributed by atoms with E-state index < -0.39 is 0 Å². The monoisotopic (exact) mass is 247 g/mol. The van der Waals surface area contributed by atoms with Gasteiger partial charge in [-0.2, -0.15) is 0 Å². The smallest absolute Gasteiger partial charge is 0.236 e. The van der Waals surface area contributed by atoms with Crippen LogP contribution in [0.2, 0.25) is 0 Å². The zero-order chi connectivity index (χ0) is 10.9. The molecule has 1 aliphatic heterocycles. The average Bonchev–Trinajstić information content (AvgIpc) is 2.78. The van der Waals surface area contributed by atoms with E-state index in [1.54, 1.807) is 11.8 Å². The summed E-state index contributed by atoms with van der Waals surface area (Å²) < 4.78 is -0.195. The van der Waals surface area contributed by atoms with Gasteiger partial charge in [-0.05, 0) is 44.8 Å². The van der Waals surface area contributed by atoms with E-state index in [9.17, 15) is 4.79 Å². The molecule has 3 atom stereocenters. The van der Waals surface area contributed by atoms with Gasteiger partial charge in [0, 0.05) is 6.04 Å². The predicted molar refractivity (Wildman–Crippen MR) is 65.5 cm³/mol. The molecule has 1 amide bonds. The van der Waals surface area contributed by atoms with Crippen molar-refractivity contribution in [3.63, 3.8) is 0 Å². The van der Waals surface area contributed by atoms with Gasteiger partial charge in [-0.15, -0.1) is 23.4 Å². The Morgan fingerprint density at radius 2 is 2.27 bits per heavy atom. The Morgan fingerprint density at radius 3 is 2.80 bits per heavy atom. The van der Waals surface area contributed by atoms with E-state index in [1.807, 2.05) is 0 Å². The number of nitrogens with one attached hydrogen (secondary N) is 1. The molecule has 86 valence electrons. The van der Waals surface area contributed by atoms with Crippen LogP contribution < -0.4 is 5.32 Å². The number of thioether (sulfide) groups is 1. The highest BCUT2D eigenvalue weighted by molar-refractivity contribution is 8.01. The highest BCUT2D eigenvalue weighted by Gasteiger charge is 2.39. The van der Waals surface area contributed by atoms with Crippen molar-refractivity contribution in [2.75, 3.05) is 5.75 Å². The van der Waals surface area contributed by atoms with E-state index in [2.05, 4.69) is 12.2 Å². The number of hydrogen-bond donors (Lipinski definition) is 1. The first-order valence-electron chi connectivity index (χ1n) is 5.71. The second kappa shape index (κ2) is 4.54. The highest BCUT2D eigenvalue weighted by Crippen LogP contribution is 2.38. The second-order valence-electron chi connectivity index (χ2n) is 4.71. The summed E-state index contributed by atoms with van der Waals surface area (Å²) >= 11 is 7.94.